The summed E-state index contributed by atoms with van der Waals surface area (Å²) >= 11 is 0. The predicted octanol–water partition coefficient (Wildman–Crippen LogP) is 3.28. The Morgan fingerprint density at radius 1 is 1.12 bits per heavy atom. The van der Waals surface area contributed by atoms with E-state index in [0.29, 0.717) is 11.4 Å². The fourth-order valence-corrected chi connectivity index (χ4v) is 2.54. The molecular weight excluding hydrogens is 316 g/mol. The van der Waals surface area contributed by atoms with E-state index in [9.17, 15) is 4.79 Å². The molecule has 3 rings (SSSR count). The number of nitrogens with one attached hydrogen (secondary N) is 1. The highest BCUT2D eigenvalue weighted by molar-refractivity contribution is 6.03. The molecule has 0 spiro atoms. The van der Waals surface area contributed by atoms with Crippen LogP contribution in [-0.4, -0.2) is 28.0 Å². The fraction of sp³-hybridized carbons (Fsp3) is 0.211. The van der Waals surface area contributed by atoms with E-state index in [4.69, 9.17) is 4.74 Å². The second-order valence-corrected chi connectivity index (χ2v) is 5.89. The van der Waals surface area contributed by atoms with Gasteiger partial charge >= 0.3 is 0 Å². The van der Waals surface area contributed by atoms with Crippen LogP contribution in [0.3, 0.4) is 0 Å². The van der Waals surface area contributed by atoms with Crippen LogP contribution < -0.4 is 5.32 Å². The number of anilines is 1. The lowest BCUT2D eigenvalue weighted by atomic mass is 10.2. The molecule has 6 heteroatoms. The normalized spacial score (nSPS) is 10.7. The van der Waals surface area contributed by atoms with E-state index in [-0.39, 0.29) is 18.2 Å². The van der Waals surface area contributed by atoms with Gasteiger partial charge in [0.05, 0.1) is 12.3 Å². The zero-order chi connectivity index (χ0) is 17.8. The van der Waals surface area contributed by atoms with Gasteiger partial charge in [-0.2, -0.15) is 0 Å². The molecular formula is C19H20N4O2. The summed E-state index contributed by atoms with van der Waals surface area (Å²) in [5.41, 5.74) is 4.64. The highest BCUT2D eigenvalue weighted by Gasteiger charge is 2.20. The molecule has 3 aromatic rings. The Hall–Kier alpha value is -2.99. The van der Waals surface area contributed by atoms with E-state index in [2.05, 4.69) is 15.6 Å². The molecule has 2 aromatic carbocycles. The predicted molar refractivity (Wildman–Crippen MR) is 95.9 cm³/mol. The Labute approximate surface area is 146 Å². The minimum Gasteiger partial charge on any atom is -0.378 e. The molecule has 0 saturated heterocycles. The first-order chi connectivity index (χ1) is 12.1. The number of carbonyl (C=O) groups excluding carboxylic acids is 1. The lowest BCUT2D eigenvalue weighted by Crippen LogP contribution is -2.16. The number of aryl methyl sites for hydroxylation is 2. The number of carbonyl (C=O) groups is 1. The Morgan fingerprint density at radius 3 is 2.56 bits per heavy atom. The van der Waals surface area contributed by atoms with Gasteiger partial charge in [0, 0.05) is 12.8 Å². The van der Waals surface area contributed by atoms with Gasteiger partial charge in [-0.3, -0.25) is 4.79 Å². The van der Waals surface area contributed by atoms with Gasteiger partial charge in [-0.05, 0) is 43.7 Å². The smallest absolute Gasteiger partial charge is 0.278 e. The van der Waals surface area contributed by atoms with E-state index >= 15 is 0 Å². The first-order valence-electron chi connectivity index (χ1n) is 7.97. The van der Waals surface area contributed by atoms with Crippen LogP contribution >= 0.6 is 0 Å². The van der Waals surface area contributed by atoms with Crippen LogP contribution in [0.4, 0.5) is 5.69 Å². The SMILES string of the molecule is COCc1c(C(=O)Nc2ccc(C)cc2)nnn1-c1cccc(C)c1. The second-order valence-electron chi connectivity index (χ2n) is 5.89. The van der Waals surface area contributed by atoms with E-state index < -0.39 is 0 Å². The molecule has 1 N–H and O–H groups in total. The summed E-state index contributed by atoms with van der Waals surface area (Å²) in [6.45, 7) is 4.23. The van der Waals surface area contributed by atoms with Crippen molar-refractivity contribution in [1.29, 1.82) is 0 Å². The third-order valence-corrected chi connectivity index (χ3v) is 3.81. The zero-order valence-electron chi connectivity index (χ0n) is 14.5. The summed E-state index contributed by atoms with van der Waals surface area (Å²) < 4.78 is 6.89. The largest absolute Gasteiger partial charge is 0.378 e. The first kappa shape index (κ1) is 16.9. The Bertz CT molecular complexity index is 885. The van der Waals surface area contributed by atoms with Crippen LogP contribution in [0.2, 0.25) is 0 Å². The number of ether oxygens (including phenoxy) is 1. The highest BCUT2D eigenvalue weighted by Crippen LogP contribution is 2.17. The van der Waals surface area contributed by atoms with Crippen molar-refractivity contribution < 1.29 is 9.53 Å². The number of rotatable bonds is 5. The number of amides is 1. The first-order valence-corrected chi connectivity index (χ1v) is 7.97. The molecule has 0 bridgehead atoms. The van der Waals surface area contributed by atoms with Crippen molar-refractivity contribution in [1.82, 2.24) is 15.0 Å². The zero-order valence-corrected chi connectivity index (χ0v) is 14.5. The van der Waals surface area contributed by atoms with Crippen LogP contribution in [0.1, 0.15) is 27.3 Å². The van der Waals surface area contributed by atoms with Gasteiger partial charge in [0.15, 0.2) is 5.69 Å². The average Bonchev–Trinajstić information content (AvgIpc) is 3.01. The number of methoxy groups -OCH3 is 1. The summed E-state index contributed by atoms with van der Waals surface area (Å²) in [4.78, 5) is 12.6. The fourth-order valence-electron chi connectivity index (χ4n) is 2.54. The minimum atomic E-state index is -0.310. The molecule has 1 amide bonds. The molecule has 6 nitrogen and oxygen atoms in total. The van der Waals surface area contributed by atoms with Crippen LogP contribution in [0.5, 0.6) is 0 Å². The van der Waals surface area contributed by atoms with Crippen molar-refractivity contribution in [2.45, 2.75) is 20.5 Å². The van der Waals surface area contributed by atoms with Crippen LogP contribution in [0.25, 0.3) is 5.69 Å². The van der Waals surface area contributed by atoms with E-state index in [1.165, 1.54) is 0 Å². The molecule has 25 heavy (non-hydrogen) atoms. The molecule has 0 unspecified atom stereocenters. The topological polar surface area (TPSA) is 69.0 Å². The van der Waals surface area contributed by atoms with E-state index in [1.807, 2.05) is 62.4 Å². The van der Waals surface area contributed by atoms with Gasteiger partial charge < -0.3 is 10.1 Å². The maximum Gasteiger partial charge on any atom is 0.278 e. The lowest BCUT2D eigenvalue weighted by Gasteiger charge is -2.08. The number of benzene rings is 2. The summed E-state index contributed by atoms with van der Waals surface area (Å²) in [7, 11) is 1.58. The third kappa shape index (κ3) is 3.75. The van der Waals surface area contributed by atoms with Gasteiger partial charge in [-0.25, -0.2) is 4.68 Å². The van der Waals surface area contributed by atoms with Crippen molar-refractivity contribution in [2.24, 2.45) is 0 Å². The molecule has 0 atom stereocenters. The van der Waals surface area contributed by atoms with Crippen LogP contribution in [-0.2, 0) is 11.3 Å². The van der Waals surface area contributed by atoms with Crippen LogP contribution in [0, 0.1) is 13.8 Å². The van der Waals surface area contributed by atoms with E-state index in [1.54, 1.807) is 11.8 Å². The Balaban J connectivity index is 1.93. The lowest BCUT2D eigenvalue weighted by molar-refractivity contribution is 0.101. The number of hydrogen-bond donors (Lipinski definition) is 1. The number of hydrogen-bond acceptors (Lipinski definition) is 4. The van der Waals surface area contributed by atoms with Gasteiger partial charge in [-0.1, -0.05) is 35.0 Å². The van der Waals surface area contributed by atoms with E-state index in [0.717, 1.165) is 16.8 Å². The Kier molecular flexibility index (Phi) is 4.90. The molecule has 1 aromatic heterocycles. The standard InChI is InChI=1S/C19H20N4O2/c1-13-7-9-15(10-8-13)20-19(24)18-17(12-25-3)23(22-21-18)16-6-4-5-14(2)11-16/h4-11H,12H2,1-3H3,(H,20,24). The van der Waals surface area contributed by atoms with Crippen molar-refractivity contribution in [3.05, 3.63) is 71.0 Å². The van der Waals surface area contributed by atoms with Crippen molar-refractivity contribution in [2.75, 3.05) is 12.4 Å². The molecule has 0 aliphatic rings. The molecule has 128 valence electrons. The number of nitrogens with zero attached hydrogens (tertiary/aromatic N) is 3. The maximum absolute atomic E-state index is 12.6. The van der Waals surface area contributed by atoms with Crippen molar-refractivity contribution in [3.63, 3.8) is 0 Å². The second kappa shape index (κ2) is 7.27. The molecule has 1 heterocycles. The molecule has 0 aliphatic heterocycles. The van der Waals surface area contributed by atoms with Gasteiger partial charge in [-0.15, -0.1) is 5.10 Å². The van der Waals surface area contributed by atoms with Crippen molar-refractivity contribution in [3.8, 4) is 5.69 Å². The monoisotopic (exact) mass is 336 g/mol. The van der Waals surface area contributed by atoms with Crippen LogP contribution in [0.15, 0.2) is 48.5 Å². The summed E-state index contributed by atoms with van der Waals surface area (Å²) in [5.74, 6) is -0.310. The highest BCUT2D eigenvalue weighted by atomic mass is 16.5. The molecule has 0 saturated carbocycles. The molecule has 0 radical (unpaired) electrons. The Morgan fingerprint density at radius 2 is 1.88 bits per heavy atom. The van der Waals surface area contributed by atoms with Gasteiger partial charge in [0.25, 0.3) is 5.91 Å². The summed E-state index contributed by atoms with van der Waals surface area (Å²) in [5, 5.41) is 11.1. The molecule has 0 fully saturated rings. The molecule has 0 aliphatic carbocycles. The number of aromatic nitrogens is 3. The van der Waals surface area contributed by atoms with Gasteiger partial charge in [0.2, 0.25) is 0 Å². The van der Waals surface area contributed by atoms with Crippen molar-refractivity contribution >= 4 is 11.6 Å². The van der Waals surface area contributed by atoms with Gasteiger partial charge in [0.1, 0.15) is 5.69 Å². The summed E-state index contributed by atoms with van der Waals surface area (Å²) in [6, 6.07) is 15.4. The summed E-state index contributed by atoms with van der Waals surface area (Å²) in [6.07, 6.45) is 0. The quantitative estimate of drug-likeness (QED) is 0.776. The average molecular weight is 336 g/mol. The third-order valence-electron chi connectivity index (χ3n) is 3.81. The minimum absolute atomic E-state index is 0.234. The maximum atomic E-state index is 12.6.